The van der Waals surface area contributed by atoms with Gasteiger partial charge in [-0.15, -0.1) is 0 Å². The van der Waals surface area contributed by atoms with Crippen LogP contribution in [0.5, 0.6) is 5.75 Å². The van der Waals surface area contributed by atoms with E-state index in [1.54, 1.807) is 0 Å². The van der Waals surface area contributed by atoms with Gasteiger partial charge in [0.05, 0.1) is 0 Å². The minimum atomic E-state index is -0.160. The Hall–Kier alpha value is -1.44. The molecule has 0 bridgehead atoms. The van der Waals surface area contributed by atoms with Gasteiger partial charge < -0.3 is 9.72 Å². The second kappa shape index (κ2) is 4.04. The van der Waals surface area contributed by atoms with E-state index in [1.807, 2.05) is 6.07 Å². The van der Waals surface area contributed by atoms with E-state index in [-0.39, 0.29) is 11.0 Å². The first-order valence-corrected chi connectivity index (χ1v) is 6.47. The average Bonchev–Trinajstić information content (AvgIpc) is 2.57. The smallest absolute Gasteiger partial charge is 0.122 e. The van der Waals surface area contributed by atoms with Crippen LogP contribution in [-0.4, -0.2) is 10.6 Å². The second-order valence-electron chi connectivity index (χ2n) is 6.90. The van der Waals surface area contributed by atoms with Crippen LogP contribution in [0, 0.1) is 0 Å². The average molecular weight is 245 g/mol. The molecule has 0 amide bonds. The zero-order chi connectivity index (χ0) is 13.6. The van der Waals surface area contributed by atoms with Crippen LogP contribution in [0.4, 0.5) is 0 Å². The molecular formula is C16H23NO. The summed E-state index contributed by atoms with van der Waals surface area (Å²) in [7, 11) is 0. The predicted octanol–water partition coefficient (Wildman–Crippen LogP) is 4.64. The molecule has 0 aliphatic carbocycles. The van der Waals surface area contributed by atoms with E-state index in [2.05, 4.69) is 64.7 Å². The Bertz CT molecular complexity index is 552. The first-order chi connectivity index (χ1) is 8.15. The van der Waals surface area contributed by atoms with E-state index < -0.39 is 0 Å². The maximum Gasteiger partial charge on any atom is 0.122 e. The van der Waals surface area contributed by atoms with Crippen LogP contribution in [0.15, 0.2) is 24.3 Å². The van der Waals surface area contributed by atoms with E-state index in [4.69, 9.17) is 4.74 Å². The van der Waals surface area contributed by atoms with Gasteiger partial charge >= 0.3 is 0 Å². The van der Waals surface area contributed by atoms with E-state index in [0.29, 0.717) is 0 Å². The van der Waals surface area contributed by atoms with Gasteiger partial charge in [-0.25, -0.2) is 0 Å². The molecule has 2 heteroatoms. The summed E-state index contributed by atoms with van der Waals surface area (Å²) in [5.41, 5.74) is 2.38. The normalized spacial score (nSPS) is 13.0. The van der Waals surface area contributed by atoms with Crippen LogP contribution in [0.3, 0.4) is 0 Å². The van der Waals surface area contributed by atoms with Gasteiger partial charge in [0.25, 0.3) is 0 Å². The molecular weight excluding hydrogens is 222 g/mol. The Morgan fingerprint density at radius 2 is 1.61 bits per heavy atom. The molecule has 1 heterocycles. The zero-order valence-electron chi connectivity index (χ0n) is 12.2. The third kappa shape index (κ3) is 2.87. The number of hydrogen-bond acceptors (Lipinski definition) is 1. The zero-order valence-corrected chi connectivity index (χ0v) is 12.2. The Balaban J connectivity index is 2.40. The maximum absolute atomic E-state index is 5.88. The van der Waals surface area contributed by atoms with Crippen molar-refractivity contribution in [1.29, 1.82) is 0 Å². The van der Waals surface area contributed by atoms with Gasteiger partial charge in [-0.1, -0.05) is 20.8 Å². The number of hydrogen-bond donors (Lipinski definition) is 1. The molecule has 0 unspecified atom stereocenters. The topological polar surface area (TPSA) is 25.0 Å². The van der Waals surface area contributed by atoms with Crippen LogP contribution in [-0.2, 0) is 5.41 Å². The van der Waals surface area contributed by atoms with Gasteiger partial charge in [0.1, 0.15) is 11.4 Å². The van der Waals surface area contributed by atoms with Crippen LogP contribution in [0.1, 0.15) is 47.2 Å². The molecule has 1 aromatic heterocycles. The molecule has 0 radical (unpaired) electrons. The number of nitrogens with one attached hydrogen (secondary N) is 1. The summed E-state index contributed by atoms with van der Waals surface area (Å²) in [4.78, 5) is 3.48. The van der Waals surface area contributed by atoms with Gasteiger partial charge in [0, 0.05) is 22.7 Å². The molecule has 0 aliphatic rings. The molecule has 2 aromatic rings. The summed E-state index contributed by atoms with van der Waals surface area (Å²) < 4.78 is 5.88. The number of aromatic amines is 1. The van der Waals surface area contributed by atoms with E-state index in [0.717, 1.165) is 11.3 Å². The Labute approximate surface area is 109 Å². The van der Waals surface area contributed by atoms with Crippen molar-refractivity contribution in [3.05, 3.63) is 30.0 Å². The minimum Gasteiger partial charge on any atom is -0.488 e. The van der Waals surface area contributed by atoms with Crippen LogP contribution < -0.4 is 4.74 Å². The highest BCUT2D eigenvalue weighted by Crippen LogP contribution is 2.29. The lowest BCUT2D eigenvalue weighted by atomic mass is 9.92. The first kappa shape index (κ1) is 13.0. The highest BCUT2D eigenvalue weighted by molar-refractivity contribution is 5.82. The van der Waals surface area contributed by atoms with Crippen molar-refractivity contribution < 1.29 is 4.74 Å². The molecule has 2 nitrogen and oxygen atoms in total. The summed E-state index contributed by atoms with van der Waals surface area (Å²) in [6, 6.07) is 8.45. The fourth-order valence-corrected chi connectivity index (χ4v) is 1.93. The number of benzene rings is 1. The third-order valence-electron chi connectivity index (χ3n) is 2.83. The molecule has 1 N–H and O–H groups in total. The highest BCUT2D eigenvalue weighted by atomic mass is 16.5. The van der Waals surface area contributed by atoms with Crippen molar-refractivity contribution in [1.82, 2.24) is 4.98 Å². The van der Waals surface area contributed by atoms with Gasteiger partial charge in [-0.3, -0.25) is 0 Å². The van der Waals surface area contributed by atoms with Crippen LogP contribution in [0.25, 0.3) is 10.9 Å². The van der Waals surface area contributed by atoms with Gasteiger partial charge in [0.2, 0.25) is 0 Å². The molecule has 98 valence electrons. The Morgan fingerprint density at radius 3 is 2.17 bits per heavy atom. The largest absolute Gasteiger partial charge is 0.488 e. The van der Waals surface area contributed by atoms with Crippen molar-refractivity contribution in [2.24, 2.45) is 0 Å². The lowest BCUT2D eigenvalue weighted by molar-refractivity contribution is 0.131. The fraction of sp³-hybridized carbons (Fsp3) is 0.500. The number of fused-ring (bicyclic) bond motifs is 1. The summed E-state index contributed by atoms with van der Waals surface area (Å²) in [6.45, 7) is 12.8. The molecule has 0 spiro atoms. The Kier molecular flexibility index (Phi) is 2.92. The van der Waals surface area contributed by atoms with Crippen LogP contribution >= 0.6 is 0 Å². The van der Waals surface area contributed by atoms with Crippen LogP contribution in [0.2, 0.25) is 0 Å². The second-order valence-corrected chi connectivity index (χ2v) is 6.90. The summed E-state index contributed by atoms with van der Waals surface area (Å²) in [5.74, 6) is 0.914. The molecule has 0 fully saturated rings. The lowest BCUT2D eigenvalue weighted by Gasteiger charge is -2.21. The minimum absolute atomic E-state index is 0.143. The van der Waals surface area contributed by atoms with E-state index in [9.17, 15) is 0 Å². The maximum atomic E-state index is 5.88. The molecule has 0 saturated heterocycles. The van der Waals surface area contributed by atoms with E-state index in [1.165, 1.54) is 11.1 Å². The fourth-order valence-electron chi connectivity index (χ4n) is 1.93. The van der Waals surface area contributed by atoms with Gasteiger partial charge in [-0.2, -0.15) is 0 Å². The predicted molar refractivity (Wildman–Crippen MR) is 77.4 cm³/mol. The summed E-state index contributed by atoms with van der Waals surface area (Å²) >= 11 is 0. The number of ether oxygens (including phenoxy) is 1. The van der Waals surface area contributed by atoms with Gasteiger partial charge in [0.15, 0.2) is 0 Å². The van der Waals surface area contributed by atoms with Crippen molar-refractivity contribution >= 4 is 10.9 Å². The standard InChI is InChI=1S/C16H23NO/c1-15(2,3)14-9-11-7-8-12(10-13(11)17-14)18-16(4,5)6/h7-10,17H,1-6H3. The highest BCUT2D eigenvalue weighted by Gasteiger charge is 2.17. The quantitative estimate of drug-likeness (QED) is 0.777. The van der Waals surface area contributed by atoms with Crippen molar-refractivity contribution in [2.75, 3.05) is 0 Å². The molecule has 2 rings (SSSR count). The van der Waals surface area contributed by atoms with E-state index >= 15 is 0 Å². The number of H-pyrrole nitrogens is 1. The Morgan fingerprint density at radius 1 is 0.944 bits per heavy atom. The molecule has 1 aromatic carbocycles. The van der Waals surface area contributed by atoms with Crippen molar-refractivity contribution in [3.8, 4) is 5.75 Å². The molecule has 0 saturated carbocycles. The summed E-state index contributed by atoms with van der Waals surface area (Å²) in [6.07, 6.45) is 0. The SMILES string of the molecule is CC(C)(C)Oc1ccc2cc(C(C)(C)C)[nH]c2c1. The third-order valence-corrected chi connectivity index (χ3v) is 2.83. The number of rotatable bonds is 1. The molecule has 0 atom stereocenters. The summed E-state index contributed by atoms with van der Waals surface area (Å²) in [5, 5.41) is 1.24. The van der Waals surface area contributed by atoms with Crippen molar-refractivity contribution in [2.45, 2.75) is 52.6 Å². The molecule has 18 heavy (non-hydrogen) atoms. The monoisotopic (exact) mass is 245 g/mol. The van der Waals surface area contributed by atoms with Gasteiger partial charge in [-0.05, 0) is 44.4 Å². The first-order valence-electron chi connectivity index (χ1n) is 6.47. The number of aromatic nitrogens is 1. The molecule has 0 aliphatic heterocycles. The van der Waals surface area contributed by atoms with Crippen molar-refractivity contribution in [3.63, 3.8) is 0 Å². The lowest BCUT2D eigenvalue weighted by Crippen LogP contribution is -2.22.